The third-order valence-corrected chi connectivity index (χ3v) is 6.26. The number of rotatable bonds is 2. The number of carbonyl (C=O) groups excluding carboxylic acids is 3. The monoisotopic (exact) mass is 315 g/mol. The van der Waals surface area contributed by atoms with E-state index in [0.29, 0.717) is 19.4 Å². The third-order valence-electron chi connectivity index (χ3n) is 4.43. The van der Waals surface area contributed by atoms with Gasteiger partial charge in [0.15, 0.2) is 9.84 Å². The molecule has 0 aromatic rings. The van der Waals surface area contributed by atoms with Crippen molar-refractivity contribution in [2.45, 2.75) is 24.8 Å². The molecule has 0 aliphatic carbocycles. The van der Waals surface area contributed by atoms with Crippen LogP contribution in [0.2, 0.25) is 0 Å². The minimum atomic E-state index is -2.99. The summed E-state index contributed by atoms with van der Waals surface area (Å²) in [5, 5.41) is 4.77. The lowest BCUT2D eigenvalue weighted by Gasteiger charge is -2.22. The van der Waals surface area contributed by atoms with Crippen LogP contribution in [-0.4, -0.2) is 61.3 Å². The molecule has 0 radical (unpaired) electrons. The van der Waals surface area contributed by atoms with Crippen LogP contribution in [0, 0.1) is 5.92 Å². The normalized spacial score (nSPS) is 34.3. The Labute approximate surface area is 122 Å². The maximum absolute atomic E-state index is 12.2. The predicted octanol–water partition coefficient (Wildman–Crippen LogP) is -1.38. The van der Waals surface area contributed by atoms with Crippen molar-refractivity contribution in [3.63, 3.8) is 0 Å². The van der Waals surface area contributed by atoms with Crippen LogP contribution in [0.1, 0.15) is 19.3 Å². The van der Waals surface area contributed by atoms with E-state index in [-0.39, 0.29) is 36.3 Å². The largest absolute Gasteiger partial charge is 0.340 e. The number of urea groups is 1. The first-order valence-electron chi connectivity index (χ1n) is 6.91. The fourth-order valence-electron chi connectivity index (χ4n) is 3.25. The Kier molecular flexibility index (Phi) is 3.19. The van der Waals surface area contributed by atoms with Gasteiger partial charge >= 0.3 is 6.03 Å². The van der Waals surface area contributed by atoms with Gasteiger partial charge in [-0.1, -0.05) is 0 Å². The van der Waals surface area contributed by atoms with E-state index in [1.54, 1.807) is 0 Å². The van der Waals surface area contributed by atoms with E-state index >= 15 is 0 Å². The molecule has 3 fully saturated rings. The molecule has 0 aromatic heterocycles. The molecule has 3 aliphatic heterocycles. The Balaban J connectivity index is 1.60. The van der Waals surface area contributed by atoms with E-state index in [2.05, 4.69) is 10.6 Å². The maximum atomic E-state index is 12.2. The van der Waals surface area contributed by atoms with Gasteiger partial charge in [0, 0.05) is 13.0 Å². The van der Waals surface area contributed by atoms with Crippen LogP contribution in [0.4, 0.5) is 4.79 Å². The molecule has 1 spiro atoms. The van der Waals surface area contributed by atoms with Crippen LogP contribution in [-0.2, 0) is 19.4 Å². The first-order valence-corrected chi connectivity index (χ1v) is 8.74. The summed E-state index contributed by atoms with van der Waals surface area (Å²) >= 11 is 0. The maximum Gasteiger partial charge on any atom is 0.322 e. The molecule has 116 valence electrons. The fourth-order valence-corrected chi connectivity index (χ4v) is 5.11. The summed E-state index contributed by atoms with van der Waals surface area (Å²) in [6.45, 7) is 0.550. The van der Waals surface area contributed by atoms with Gasteiger partial charge in [0.25, 0.3) is 5.91 Å². The molecule has 0 bridgehead atoms. The zero-order valence-corrected chi connectivity index (χ0v) is 12.2. The first-order chi connectivity index (χ1) is 9.80. The van der Waals surface area contributed by atoms with Crippen LogP contribution < -0.4 is 10.6 Å². The lowest BCUT2D eigenvalue weighted by Crippen LogP contribution is -2.49. The fraction of sp³-hybridized carbons (Fsp3) is 0.750. The summed E-state index contributed by atoms with van der Waals surface area (Å²) < 4.78 is 22.8. The molecule has 21 heavy (non-hydrogen) atoms. The number of imide groups is 1. The summed E-state index contributed by atoms with van der Waals surface area (Å²) in [4.78, 5) is 36.8. The van der Waals surface area contributed by atoms with Crippen molar-refractivity contribution in [3.05, 3.63) is 0 Å². The average Bonchev–Trinajstić information content (AvgIpc) is 3.01. The molecule has 0 aromatic carbocycles. The summed E-state index contributed by atoms with van der Waals surface area (Å²) in [5.74, 6) is -0.470. The molecule has 3 aliphatic rings. The number of nitrogens with one attached hydrogen (secondary N) is 2. The lowest BCUT2D eigenvalue weighted by molar-refractivity contribution is -0.131. The number of likely N-dealkylation sites (tertiary alicyclic amines) is 1. The first kappa shape index (κ1) is 14.3. The van der Waals surface area contributed by atoms with E-state index in [9.17, 15) is 22.8 Å². The van der Waals surface area contributed by atoms with Crippen molar-refractivity contribution in [3.8, 4) is 0 Å². The van der Waals surface area contributed by atoms with Gasteiger partial charge < -0.3 is 10.2 Å². The van der Waals surface area contributed by atoms with E-state index in [4.69, 9.17) is 0 Å². The summed E-state index contributed by atoms with van der Waals surface area (Å²) in [5.41, 5.74) is -1.01. The molecule has 2 unspecified atom stereocenters. The number of hydrogen-bond acceptors (Lipinski definition) is 5. The number of sulfone groups is 1. The van der Waals surface area contributed by atoms with E-state index in [0.717, 1.165) is 0 Å². The Morgan fingerprint density at radius 2 is 2.14 bits per heavy atom. The van der Waals surface area contributed by atoms with Gasteiger partial charge in [0.2, 0.25) is 5.91 Å². The second kappa shape index (κ2) is 4.69. The Bertz CT molecular complexity index is 616. The number of nitrogens with zero attached hydrogens (tertiary/aromatic N) is 1. The summed E-state index contributed by atoms with van der Waals surface area (Å²) in [6.07, 6.45) is 1.09. The smallest absolute Gasteiger partial charge is 0.322 e. The van der Waals surface area contributed by atoms with E-state index in [1.807, 2.05) is 0 Å². The standard InChI is InChI=1S/C12H17N3O5S/c16-9(5-8-1-4-21(19,20)6-8)15-3-2-12(7-15)10(17)13-11(18)14-12/h8H,1-7H2,(H2,13,14,17,18). The number of amides is 4. The Hall–Kier alpha value is -1.64. The van der Waals surface area contributed by atoms with Crippen molar-refractivity contribution in [2.24, 2.45) is 5.92 Å². The molecule has 0 saturated carbocycles. The Morgan fingerprint density at radius 1 is 1.38 bits per heavy atom. The van der Waals surface area contributed by atoms with Crippen LogP contribution in [0.3, 0.4) is 0 Å². The molecule has 3 rings (SSSR count). The zero-order valence-electron chi connectivity index (χ0n) is 11.4. The highest BCUT2D eigenvalue weighted by molar-refractivity contribution is 7.91. The van der Waals surface area contributed by atoms with Gasteiger partial charge in [-0.05, 0) is 18.8 Å². The molecule has 3 saturated heterocycles. The van der Waals surface area contributed by atoms with Gasteiger partial charge in [-0.25, -0.2) is 13.2 Å². The summed E-state index contributed by atoms with van der Waals surface area (Å²) in [6, 6.07) is -0.531. The highest BCUT2D eigenvalue weighted by Gasteiger charge is 2.51. The Morgan fingerprint density at radius 3 is 2.71 bits per heavy atom. The highest BCUT2D eigenvalue weighted by Crippen LogP contribution is 2.27. The minimum Gasteiger partial charge on any atom is -0.340 e. The molecular formula is C12H17N3O5S. The van der Waals surface area contributed by atoms with Crippen LogP contribution in [0.25, 0.3) is 0 Å². The molecule has 2 atom stereocenters. The second-order valence-corrected chi connectivity index (χ2v) is 8.26. The van der Waals surface area contributed by atoms with Crippen LogP contribution in [0.15, 0.2) is 0 Å². The molecule has 8 nitrogen and oxygen atoms in total. The molecule has 2 N–H and O–H groups in total. The van der Waals surface area contributed by atoms with Crippen molar-refractivity contribution >= 4 is 27.7 Å². The molecule has 3 heterocycles. The van der Waals surface area contributed by atoms with Gasteiger partial charge in [-0.2, -0.15) is 0 Å². The van der Waals surface area contributed by atoms with Crippen molar-refractivity contribution in [1.29, 1.82) is 0 Å². The van der Waals surface area contributed by atoms with Crippen molar-refractivity contribution in [2.75, 3.05) is 24.6 Å². The van der Waals surface area contributed by atoms with E-state index in [1.165, 1.54) is 4.90 Å². The van der Waals surface area contributed by atoms with Gasteiger partial charge in [-0.15, -0.1) is 0 Å². The zero-order chi connectivity index (χ0) is 15.3. The lowest BCUT2D eigenvalue weighted by atomic mass is 9.99. The van der Waals surface area contributed by atoms with Crippen molar-refractivity contribution < 1.29 is 22.8 Å². The molecular weight excluding hydrogens is 298 g/mol. The SMILES string of the molecule is O=C1NC(=O)C2(CCN(C(=O)CC3CCS(=O)(=O)C3)C2)N1. The van der Waals surface area contributed by atoms with Crippen LogP contribution >= 0.6 is 0 Å². The number of carbonyl (C=O) groups is 3. The van der Waals surface area contributed by atoms with Gasteiger partial charge in [0.05, 0.1) is 18.1 Å². The van der Waals surface area contributed by atoms with Crippen LogP contribution in [0.5, 0.6) is 0 Å². The molecule has 4 amide bonds. The quantitative estimate of drug-likeness (QED) is 0.610. The predicted molar refractivity (Wildman–Crippen MR) is 72.0 cm³/mol. The van der Waals surface area contributed by atoms with E-state index < -0.39 is 27.3 Å². The van der Waals surface area contributed by atoms with Gasteiger partial charge in [-0.3, -0.25) is 14.9 Å². The highest BCUT2D eigenvalue weighted by atomic mass is 32.2. The van der Waals surface area contributed by atoms with Gasteiger partial charge in [0.1, 0.15) is 5.54 Å². The third kappa shape index (κ3) is 2.61. The average molecular weight is 315 g/mol. The minimum absolute atomic E-state index is 0.0644. The van der Waals surface area contributed by atoms with Crippen molar-refractivity contribution in [1.82, 2.24) is 15.5 Å². The topological polar surface area (TPSA) is 113 Å². The number of hydrogen-bond donors (Lipinski definition) is 2. The second-order valence-electron chi connectivity index (χ2n) is 6.03. The molecule has 9 heteroatoms. The summed E-state index contributed by atoms with van der Waals surface area (Å²) in [7, 11) is -2.99.